The standard InChI is InChI=1S/C11H11BrO/c1-3-8(2)11(13)9-6-4-5-7-10(9)12/h3-7H,1-2H3. The maximum Gasteiger partial charge on any atom is 0.189 e. The third-order valence-corrected chi connectivity index (χ3v) is 2.60. The molecular weight excluding hydrogens is 228 g/mol. The highest BCUT2D eigenvalue weighted by Crippen LogP contribution is 2.18. The zero-order chi connectivity index (χ0) is 9.84. The number of Topliss-reactive ketones (excluding diaryl/α,β-unsaturated/α-hetero) is 1. The number of carbonyl (C=O) groups is 1. The molecule has 0 aromatic heterocycles. The molecule has 0 aliphatic heterocycles. The Morgan fingerprint density at radius 3 is 2.54 bits per heavy atom. The van der Waals surface area contributed by atoms with Gasteiger partial charge in [0.1, 0.15) is 0 Å². The van der Waals surface area contributed by atoms with Crippen molar-refractivity contribution >= 4 is 21.7 Å². The highest BCUT2D eigenvalue weighted by molar-refractivity contribution is 9.10. The van der Waals surface area contributed by atoms with Crippen LogP contribution in [0.15, 0.2) is 40.4 Å². The smallest absolute Gasteiger partial charge is 0.189 e. The van der Waals surface area contributed by atoms with Crippen LogP contribution >= 0.6 is 15.9 Å². The summed E-state index contributed by atoms with van der Waals surface area (Å²) in [4.78, 5) is 11.7. The van der Waals surface area contributed by atoms with Gasteiger partial charge in [-0.25, -0.2) is 0 Å². The molecule has 0 fully saturated rings. The molecule has 0 bridgehead atoms. The van der Waals surface area contributed by atoms with Gasteiger partial charge in [-0.3, -0.25) is 4.79 Å². The predicted octanol–water partition coefficient (Wildman–Crippen LogP) is 3.60. The Hall–Kier alpha value is -0.890. The van der Waals surface area contributed by atoms with E-state index in [1.807, 2.05) is 44.2 Å². The van der Waals surface area contributed by atoms with E-state index in [0.717, 1.165) is 15.6 Å². The second-order valence-electron chi connectivity index (χ2n) is 2.78. The zero-order valence-corrected chi connectivity index (χ0v) is 9.26. The van der Waals surface area contributed by atoms with Crippen LogP contribution in [0.5, 0.6) is 0 Å². The number of benzene rings is 1. The molecule has 0 atom stereocenters. The highest BCUT2D eigenvalue weighted by atomic mass is 79.9. The fourth-order valence-corrected chi connectivity index (χ4v) is 1.45. The summed E-state index contributed by atoms with van der Waals surface area (Å²) in [5.41, 5.74) is 1.49. The lowest BCUT2D eigenvalue weighted by molar-refractivity contribution is 0.103. The zero-order valence-electron chi connectivity index (χ0n) is 7.67. The van der Waals surface area contributed by atoms with Gasteiger partial charge in [0.15, 0.2) is 5.78 Å². The van der Waals surface area contributed by atoms with Gasteiger partial charge >= 0.3 is 0 Å². The Bertz CT molecular complexity index is 353. The Morgan fingerprint density at radius 1 is 1.38 bits per heavy atom. The Labute approximate surface area is 86.6 Å². The molecule has 0 saturated heterocycles. The van der Waals surface area contributed by atoms with Crippen molar-refractivity contribution in [1.29, 1.82) is 0 Å². The van der Waals surface area contributed by atoms with Crippen LogP contribution in [0.1, 0.15) is 24.2 Å². The second kappa shape index (κ2) is 4.38. The van der Waals surface area contributed by atoms with Gasteiger partial charge in [-0.05, 0) is 31.6 Å². The number of hydrogen-bond acceptors (Lipinski definition) is 1. The summed E-state index contributed by atoms with van der Waals surface area (Å²) < 4.78 is 0.848. The Kier molecular flexibility index (Phi) is 3.43. The summed E-state index contributed by atoms with van der Waals surface area (Å²) in [7, 11) is 0. The van der Waals surface area contributed by atoms with E-state index in [-0.39, 0.29) is 5.78 Å². The van der Waals surface area contributed by atoms with E-state index in [1.54, 1.807) is 0 Å². The monoisotopic (exact) mass is 238 g/mol. The van der Waals surface area contributed by atoms with E-state index in [4.69, 9.17) is 0 Å². The van der Waals surface area contributed by atoms with Crippen molar-refractivity contribution in [3.05, 3.63) is 46.0 Å². The van der Waals surface area contributed by atoms with E-state index < -0.39 is 0 Å². The average Bonchev–Trinajstić information content (AvgIpc) is 2.16. The number of carbonyl (C=O) groups excluding carboxylic acids is 1. The maximum absolute atomic E-state index is 11.7. The third kappa shape index (κ3) is 2.28. The number of rotatable bonds is 2. The van der Waals surface area contributed by atoms with Gasteiger partial charge in [-0.1, -0.05) is 34.1 Å². The molecule has 1 aromatic rings. The number of allylic oxidation sites excluding steroid dienone is 2. The molecule has 0 aliphatic carbocycles. The predicted molar refractivity (Wildman–Crippen MR) is 57.9 cm³/mol. The summed E-state index contributed by atoms with van der Waals surface area (Å²) in [6.07, 6.45) is 1.82. The Balaban J connectivity index is 3.10. The lowest BCUT2D eigenvalue weighted by atomic mass is 10.1. The highest BCUT2D eigenvalue weighted by Gasteiger charge is 2.09. The second-order valence-corrected chi connectivity index (χ2v) is 3.63. The lowest BCUT2D eigenvalue weighted by Gasteiger charge is -2.02. The SMILES string of the molecule is CC=C(C)C(=O)c1ccccc1Br. The summed E-state index contributed by atoms with van der Waals surface area (Å²) in [5, 5.41) is 0. The van der Waals surface area contributed by atoms with Crippen molar-refractivity contribution in [2.24, 2.45) is 0 Å². The van der Waals surface area contributed by atoms with Crippen LogP contribution in [0, 0.1) is 0 Å². The maximum atomic E-state index is 11.7. The van der Waals surface area contributed by atoms with Crippen LogP contribution in [0.4, 0.5) is 0 Å². The average molecular weight is 239 g/mol. The van der Waals surface area contributed by atoms with Gasteiger partial charge in [-0.2, -0.15) is 0 Å². The van der Waals surface area contributed by atoms with Crippen LogP contribution in [-0.4, -0.2) is 5.78 Å². The fourth-order valence-electron chi connectivity index (χ4n) is 0.989. The first-order chi connectivity index (χ1) is 6.16. The molecule has 0 unspecified atom stereocenters. The molecule has 0 heterocycles. The first-order valence-corrected chi connectivity index (χ1v) is 4.88. The molecule has 68 valence electrons. The van der Waals surface area contributed by atoms with Crippen molar-refractivity contribution < 1.29 is 4.79 Å². The van der Waals surface area contributed by atoms with Crippen LogP contribution in [-0.2, 0) is 0 Å². The molecule has 1 rings (SSSR count). The van der Waals surface area contributed by atoms with Crippen LogP contribution in [0.3, 0.4) is 0 Å². The number of hydrogen-bond donors (Lipinski definition) is 0. The minimum Gasteiger partial charge on any atom is -0.289 e. The van der Waals surface area contributed by atoms with E-state index in [9.17, 15) is 4.79 Å². The first-order valence-electron chi connectivity index (χ1n) is 4.09. The first kappa shape index (κ1) is 10.2. The van der Waals surface area contributed by atoms with Gasteiger partial charge in [0.2, 0.25) is 0 Å². The van der Waals surface area contributed by atoms with Crippen molar-refractivity contribution in [3.63, 3.8) is 0 Å². The molecule has 0 spiro atoms. The van der Waals surface area contributed by atoms with Crippen molar-refractivity contribution in [2.75, 3.05) is 0 Å². The molecule has 2 heteroatoms. The largest absolute Gasteiger partial charge is 0.289 e. The van der Waals surface area contributed by atoms with Crippen LogP contribution < -0.4 is 0 Å². The van der Waals surface area contributed by atoms with Crippen molar-refractivity contribution in [1.82, 2.24) is 0 Å². The quantitative estimate of drug-likeness (QED) is 0.569. The van der Waals surface area contributed by atoms with E-state index in [2.05, 4.69) is 15.9 Å². The van der Waals surface area contributed by atoms with Gasteiger partial charge in [0.05, 0.1) is 0 Å². The topological polar surface area (TPSA) is 17.1 Å². The number of ketones is 1. The van der Waals surface area contributed by atoms with E-state index in [1.165, 1.54) is 0 Å². The van der Waals surface area contributed by atoms with E-state index in [0.29, 0.717) is 0 Å². The molecular formula is C11H11BrO. The summed E-state index contributed by atoms with van der Waals surface area (Å²) in [6, 6.07) is 7.45. The molecule has 0 saturated carbocycles. The number of halogens is 1. The minimum absolute atomic E-state index is 0.0787. The minimum atomic E-state index is 0.0787. The van der Waals surface area contributed by atoms with Gasteiger partial charge in [0.25, 0.3) is 0 Å². The molecule has 0 amide bonds. The normalized spacial score (nSPS) is 11.5. The third-order valence-electron chi connectivity index (χ3n) is 1.91. The molecule has 13 heavy (non-hydrogen) atoms. The summed E-state index contributed by atoms with van der Waals surface area (Å²) in [6.45, 7) is 3.69. The van der Waals surface area contributed by atoms with Gasteiger partial charge in [0, 0.05) is 10.0 Å². The molecule has 0 radical (unpaired) electrons. The van der Waals surface area contributed by atoms with Crippen LogP contribution in [0.25, 0.3) is 0 Å². The molecule has 0 N–H and O–H groups in total. The van der Waals surface area contributed by atoms with Gasteiger partial charge < -0.3 is 0 Å². The molecule has 0 aliphatic rings. The fraction of sp³-hybridized carbons (Fsp3) is 0.182. The van der Waals surface area contributed by atoms with Crippen molar-refractivity contribution in [2.45, 2.75) is 13.8 Å². The lowest BCUT2D eigenvalue weighted by Crippen LogP contribution is -2.00. The van der Waals surface area contributed by atoms with Gasteiger partial charge in [-0.15, -0.1) is 0 Å². The summed E-state index contributed by atoms with van der Waals surface area (Å²) in [5.74, 6) is 0.0787. The summed E-state index contributed by atoms with van der Waals surface area (Å²) >= 11 is 3.35. The Morgan fingerprint density at radius 2 is 2.00 bits per heavy atom. The van der Waals surface area contributed by atoms with Crippen molar-refractivity contribution in [3.8, 4) is 0 Å². The molecule has 1 nitrogen and oxygen atoms in total. The van der Waals surface area contributed by atoms with E-state index >= 15 is 0 Å². The molecule has 1 aromatic carbocycles. The van der Waals surface area contributed by atoms with Crippen LogP contribution in [0.2, 0.25) is 0 Å².